The quantitative estimate of drug-likeness (QED) is 0.796. The lowest BCUT2D eigenvalue weighted by molar-refractivity contribution is 0.154. The Morgan fingerprint density at radius 3 is 3.09 bits per heavy atom. The van der Waals surface area contributed by atoms with Gasteiger partial charge in [-0.05, 0) is 48.6 Å². The zero-order valence-corrected chi connectivity index (χ0v) is 12.4. The van der Waals surface area contributed by atoms with Gasteiger partial charge in [-0.25, -0.2) is 0 Å². The summed E-state index contributed by atoms with van der Waals surface area (Å²) in [5.41, 5.74) is 2.02. The number of hydrogen-bond acceptors (Lipinski definition) is 6. The first kappa shape index (κ1) is 14.0. The second-order valence-corrected chi connectivity index (χ2v) is 5.51. The summed E-state index contributed by atoms with van der Waals surface area (Å²) >= 11 is 0. The number of hydrogen-bond donors (Lipinski definition) is 1. The van der Waals surface area contributed by atoms with Gasteiger partial charge in [0.25, 0.3) is 5.89 Å². The van der Waals surface area contributed by atoms with E-state index in [9.17, 15) is 5.11 Å². The molecule has 0 saturated carbocycles. The Kier molecular flexibility index (Phi) is 3.59. The number of aliphatic hydroxyl groups is 1. The van der Waals surface area contributed by atoms with E-state index in [2.05, 4.69) is 10.1 Å². The highest BCUT2D eigenvalue weighted by Gasteiger charge is 2.21. The van der Waals surface area contributed by atoms with Gasteiger partial charge in [0.15, 0.2) is 12.4 Å². The van der Waals surface area contributed by atoms with Crippen molar-refractivity contribution in [3.05, 3.63) is 53.6 Å². The highest BCUT2D eigenvalue weighted by Crippen LogP contribution is 2.35. The van der Waals surface area contributed by atoms with E-state index < -0.39 is 6.10 Å². The monoisotopic (exact) mass is 312 g/mol. The number of nitrogens with zero attached hydrogens (tertiary/aromatic N) is 2. The predicted octanol–water partition coefficient (Wildman–Crippen LogP) is 3.28. The minimum absolute atomic E-state index is 0.181. The predicted molar refractivity (Wildman–Crippen MR) is 80.7 cm³/mol. The molecule has 3 aromatic rings. The molecule has 0 spiro atoms. The summed E-state index contributed by atoms with van der Waals surface area (Å²) in [5, 5.41) is 13.9. The number of rotatable bonds is 4. The lowest BCUT2D eigenvalue weighted by atomic mass is 9.89. The van der Waals surface area contributed by atoms with Crippen molar-refractivity contribution in [3.63, 3.8) is 0 Å². The zero-order chi connectivity index (χ0) is 15.6. The summed E-state index contributed by atoms with van der Waals surface area (Å²) in [6.45, 7) is 0.181. The van der Waals surface area contributed by atoms with Crippen molar-refractivity contribution in [2.24, 2.45) is 0 Å². The van der Waals surface area contributed by atoms with Crippen molar-refractivity contribution >= 4 is 0 Å². The van der Waals surface area contributed by atoms with E-state index in [-0.39, 0.29) is 6.61 Å². The Morgan fingerprint density at radius 2 is 2.22 bits per heavy atom. The molecule has 0 fully saturated rings. The SMILES string of the molecule is O[C@H]1CCCc2c(OCc3nc(-c4ccco4)no3)cccc21. The van der Waals surface area contributed by atoms with Crippen molar-refractivity contribution < 1.29 is 18.8 Å². The molecule has 6 nitrogen and oxygen atoms in total. The Morgan fingerprint density at radius 1 is 1.26 bits per heavy atom. The van der Waals surface area contributed by atoms with Crippen LogP contribution in [-0.2, 0) is 13.0 Å². The molecule has 1 atom stereocenters. The second-order valence-electron chi connectivity index (χ2n) is 5.51. The fraction of sp³-hybridized carbons (Fsp3) is 0.294. The van der Waals surface area contributed by atoms with Gasteiger partial charge in [0.1, 0.15) is 5.75 Å². The van der Waals surface area contributed by atoms with Crippen LogP contribution in [0.5, 0.6) is 5.75 Å². The molecular weight excluding hydrogens is 296 g/mol. The third-order valence-corrected chi connectivity index (χ3v) is 3.99. The molecule has 0 aliphatic heterocycles. The first-order valence-corrected chi connectivity index (χ1v) is 7.60. The molecule has 1 aliphatic rings. The molecule has 6 heteroatoms. The van der Waals surface area contributed by atoms with Gasteiger partial charge in [0, 0.05) is 0 Å². The third-order valence-electron chi connectivity index (χ3n) is 3.99. The molecule has 1 N–H and O–H groups in total. The summed E-state index contributed by atoms with van der Waals surface area (Å²) in [7, 11) is 0. The Bertz CT molecular complexity index is 795. The fourth-order valence-corrected chi connectivity index (χ4v) is 2.88. The molecule has 1 aromatic carbocycles. The minimum atomic E-state index is -0.406. The molecule has 0 saturated heterocycles. The molecule has 2 aromatic heterocycles. The van der Waals surface area contributed by atoms with Gasteiger partial charge in [0.2, 0.25) is 5.82 Å². The molecule has 2 heterocycles. The maximum atomic E-state index is 10.1. The van der Waals surface area contributed by atoms with E-state index in [0.717, 1.165) is 36.1 Å². The molecule has 0 bridgehead atoms. The normalized spacial score (nSPS) is 17.0. The van der Waals surface area contributed by atoms with Crippen LogP contribution in [0.3, 0.4) is 0 Å². The van der Waals surface area contributed by atoms with Crippen LogP contribution in [0, 0.1) is 0 Å². The van der Waals surface area contributed by atoms with E-state index in [1.807, 2.05) is 18.2 Å². The average Bonchev–Trinajstić information content (AvgIpc) is 3.25. The lowest BCUT2D eigenvalue weighted by Crippen LogP contribution is -2.11. The molecule has 1 aliphatic carbocycles. The largest absolute Gasteiger partial charge is 0.483 e. The molecule has 4 rings (SSSR count). The average molecular weight is 312 g/mol. The highest BCUT2D eigenvalue weighted by molar-refractivity contribution is 5.45. The van der Waals surface area contributed by atoms with Gasteiger partial charge in [-0.1, -0.05) is 17.3 Å². The van der Waals surface area contributed by atoms with Crippen LogP contribution in [-0.4, -0.2) is 15.2 Å². The number of furan rings is 1. The maximum absolute atomic E-state index is 10.1. The van der Waals surface area contributed by atoms with Gasteiger partial charge in [-0.2, -0.15) is 4.98 Å². The Labute approximate surface area is 132 Å². The topological polar surface area (TPSA) is 81.5 Å². The number of fused-ring (bicyclic) bond motifs is 1. The van der Waals surface area contributed by atoms with Gasteiger partial charge >= 0.3 is 0 Å². The number of aromatic nitrogens is 2. The molecule has 118 valence electrons. The highest BCUT2D eigenvalue weighted by atomic mass is 16.5. The summed E-state index contributed by atoms with van der Waals surface area (Å²) < 4.78 is 16.2. The van der Waals surface area contributed by atoms with Crippen molar-refractivity contribution in [2.45, 2.75) is 32.0 Å². The van der Waals surface area contributed by atoms with Crippen LogP contribution in [0.25, 0.3) is 11.6 Å². The first-order valence-electron chi connectivity index (χ1n) is 7.60. The van der Waals surface area contributed by atoms with Crippen molar-refractivity contribution in [3.8, 4) is 17.3 Å². The number of aliphatic hydroxyl groups excluding tert-OH is 1. The first-order chi connectivity index (χ1) is 11.3. The summed E-state index contributed by atoms with van der Waals surface area (Å²) in [4.78, 5) is 4.25. The fourth-order valence-electron chi connectivity index (χ4n) is 2.88. The van der Waals surface area contributed by atoms with Crippen LogP contribution in [0.15, 0.2) is 45.5 Å². The number of benzene rings is 1. The van der Waals surface area contributed by atoms with Gasteiger partial charge in [-0.3, -0.25) is 0 Å². The molecule has 0 unspecified atom stereocenters. The van der Waals surface area contributed by atoms with Crippen molar-refractivity contribution in [1.29, 1.82) is 0 Å². The van der Waals surface area contributed by atoms with E-state index >= 15 is 0 Å². The number of ether oxygens (including phenoxy) is 1. The standard InChI is InChI=1S/C17H16N2O4/c20-13-6-1-5-12-11(13)4-2-7-14(12)22-10-16-18-17(19-23-16)15-8-3-9-21-15/h2-4,7-9,13,20H,1,5-6,10H2/t13-/m0/s1. The Balaban J connectivity index is 1.51. The van der Waals surface area contributed by atoms with Crippen LogP contribution >= 0.6 is 0 Å². The van der Waals surface area contributed by atoms with Crippen molar-refractivity contribution in [1.82, 2.24) is 10.1 Å². The summed E-state index contributed by atoms with van der Waals surface area (Å²) in [5.74, 6) is 2.10. The van der Waals surface area contributed by atoms with Gasteiger partial charge in [0.05, 0.1) is 12.4 Å². The lowest BCUT2D eigenvalue weighted by Gasteiger charge is -2.23. The van der Waals surface area contributed by atoms with Crippen molar-refractivity contribution in [2.75, 3.05) is 0 Å². The molecule has 0 radical (unpaired) electrons. The van der Waals surface area contributed by atoms with Gasteiger partial charge < -0.3 is 18.8 Å². The molecule has 0 amide bonds. The van der Waals surface area contributed by atoms with Crippen LogP contribution < -0.4 is 4.74 Å². The molecule has 23 heavy (non-hydrogen) atoms. The van der Waals surface area contributed by atoms with E-state index in [4.69, 9.17) is 13.7 Å². The van der Waals surface area contributed by atoms with E-state index in [1.165, 1.54) is 0 Å². The van der Waals surface area contributed by atoms with Gasteiger partial charge in [-0.15, -0.1) is 0 Å². The zero-order valence-electron chi connectivity index (χ0n) is 12.4. The second kappa shape index (κ2) is 5.89. The summed E-state index contributed by atoms with van der Waals surface area (Å²) in [6, 6.07) is 9.28. The summed E-state index contributed by atoms with van der Waals surface area (Å²) in [6.07, 6.45) is 3.81. The Hall–Kier alpha value is -2.60. The maximum Gasteiger partial charge on any atom is 0.264 e. The van der Waals surface area contributed by atoms with E-state index in [0.29, 0.717) is 17.5 Å². The smallest absolute Gasteiger partial charge is 0.264 e. The van der Waals surface area contributed by atoms with Crippen LogP contribution in [0.1, 0.15) is 36.0 Å². The van der Waals surface area contributed by atoms with Crippen LogP contribution in [0.4, 0.5) is 0 Å². The molecular formula is C17H16N2O4. The third kappa shape index (κ3) is 2.73. The van der Waals surface area contributed by atoms with Crippen LogP contribution in [0.2, 0.25) is 0 Å². The minimum Gasteiger partial charge on any atom is -0.483 e. The van der Waals surface area contributed by atoms with E-state index in [1.54, 1.807) is 18.4 Å².